The molecule has 1 aliphatic rings. The lowest BCUT2D eigenvalue weighted by Crippen LogP contribution is -2.47. The summed E-state index contributed by atoms with van der Waals surface area (Å²) in [4.78, 5) is 11.5. The van der Waals surface area contributed by atoms with Crippen LogP contribution >= 0.6 is 0 Å². The van der Waals surface area contributed by atoms with Gasteiger partial charge in [0.25, 0.3) is 0 Å². The van der Waals surface area contributed by atoms with Crippen molar-refractivity contribution in [3.05, 3.63) is 0 Å². The molecule has 0 aliphatic heterocycles. The minimum Gasteiger partial charge on any atom is -0.355 e. The first-order valence-electron chi connectivity index (χ1n) is 5.69. The lowest BCUT2D eigenvalue weighted by atomic mass is 10.1. The fourth-order valence-corrected chi connectivity index (χ4v) is 2.12. The highest BCUT2D eigenvalue weighted by molar-refractivity contribution is 5.81. The van der Waals surface area contributed by atoms with Gasteiger partial charge in [-0.3, -0.25) is 4.79 Å². The smallest absolute Gasteiger partial charge is 0.236 e. The molecule has 14 heavy (non-hydrogen) atoms. The summed E-state index contributed by atoms with van der Waals surface area (Å²) in [5, 5.41) is 6.23. The summed E-state index contributed by atoms with van der Waals surface area (Å²) in [6.45, 7) is 6.86. The van der Waals surface area contributed by atoms with Gasteiger partial charge in [-0.1, -0.05) is 13.3 Å². The molecule has 0 heterocycles. The van der Waals surface area contributed by atoms with Gasteiger partial charge in [0.15, 0.2) is 0 Å². The van der Waals surface area contributed by atoms with Crippen LogP contribution in [0.4, 0.5) is 0 Å². The van der Waals surface area contributed by atoms with Crippen LogP contribution in [-0.2, 0) is 4.79 Å². The van der Waals surface area contributed by atoms with E-state index in [0.29, 0.717) is 18.5 Å². The van der Waals surface area contributed by atoms with Crippen molar-refractivity contribution in [3.63, 3.8) is 0 Å². The third kappa shape index (κ3) is 2.98. The molecule has 0 aromatic carbocycles. The van der Waals surface area contributed by atoms with E-state index < -0.39 is 0 Å². The molecule has 1 amide bonds. The molecule has 3 unspecified atom stereocenters. The van der Waals surface area contributed by atoms with Crippen LogP contribution in [0.5, 0.6) is 0 Å². The number of amides is 1. The average molecular weight is 198 g/mol. The quantitative estimate of drug-likeness (QED) is 0.714. The molecular formula is C11H22N2O. The van der Waals surface area contributed by atoms with Gasteiger partial charge in [0, 0.05) is 12.6 Å². The van der Waals surface area contributed by atoms with E-state index in [1.807, 2.05) is 13.8 Å². The first-order valence-corrected chi connectivity index (χ1v) is 5.69. The minimum atomic E-state index is -0.0551. The van der Waals surface area contributed by atoms with Gasteiger partial charge in [-0.25, -0.2) is 0 Å². The molecule has 82 valence electrons. The van der Waals surface area contributed by atoms with Crippen molar-refractivity contribution >= 4 is 5.91 Å². The Morgan fingerprint density at radius 3 is 2.71 bits per heavy atom. The summed E-state index contributed by atoms with van der Waals surface area (Å²) in [5.41, 5.74) is 0. The van der Waals surface area contributed by atoms with Crippen molar-refractivity contribution in [2.45, 2.75) is 52.1 Å². The monoisotopic (exact) mass is 198 g/mol. The van der Waals surface area contributed by atoms with E-state index in [-0.39, 0.29) is 11.9 Å². The molecule has 1 rings (SSSR count). The third-order valence-electron chi connectivity index (χ3n) is 3.07. The van der Waals surface area contributed by atoms with Gasteiger partial charge < -0.3 is 10.6 Å². The molecule has 3 heteroatoms. The third-order valence-corrected chi connectivity index (χ3v) is 3.07. The SMILES string of the molecule is CCNC(=O)C(C)NC1CCCC1C. The summed E-state index contributed by atoms with van der Waals surface area (Å²) in [7, 11) is 0. The summed E-state index contributed by atoms with van der Waals surface area (Å²) in [6, 6.07) is 0.480. The van der Waals surface area contributed by atoms with E-state index in [9.17, 15) is 4.79 Å². The Balaban J connectivity index is 2.32. The van der Waals surface area contributed by atoms with Crippen molar-refractivity contribution in [1.82, 2.24) is 10.6 Å². The van der Waals surface area contributed by atoms with E-state index in [2.05, 4.69) is 17.6 Å². The zero-order chi connectivity index (χ0) is 10.6. The summed E-state index contributed by atoms with van der Waals surface area (Å²) < 4.78 is 0. The molecule has 1 aliphatic carbocycles. The highest BCUT2D eigenvalue weighted by atomic mass is 16.2. The van der Waals surface area contributed by atoms with Gasteiger partial charge in [-0.15, -0.1) is 0 Å². The van der Waals surface area contributed by atoms with Gasteiger partial charge in [-0.05, 0) is 32.6 Å². The van der Waals surface area contributed by atoms with Gasteiger partial charge in [0.05, 0.1) is 6.04 Å². The molecule has 0 bridgehead atoms. The van der Waals surface area contributed by atoms with Crippen LogP contribution < -0.4 is 10.6 Å². The first-order chi connectivity index (χ1) is 6.65. The highest BCUT2D eigenvalue weighted by Crippen LogP contribution is 2.24. The summed E-state index contributed by atoms with van der Waals surface area (Å²) >= 11 is 0. The molecule has 3 atom stereocenters. The first kappa shape index (κ1) is 11.5. The molecule has 1 saturated carbocycles. The Kier molecular flexibility index (Phi) is 4.39. The maximum atomic E-state index is 11.5. The highest BCUT2D eigenvalue weighted by Gasteiger charge is 2.25. The summed E-state index contributed by atoms with van der Waals surface area (Å²) in [6.07, 6.45) is 3.80. The van der Waals surface area contributed by atoms with Crippen LogP contribution in [0.25, 0.3) is 0 Å². The van der Waals surface area contributed by atoms with Crippen molar-refractivity contribution < 1.29 is 4.79 Å². The van der Waals surface area contributed by atoms with Crippen molar-refractivity contribution in [3.8, 4) is 0 Å². The number of carbonyl (C=O) groups excluding carboxylic acids is 1. The van der Waals surface area contributed by atoms with Crippen LogP contribution in [-0.4, -0.2) is 24.5 Å². The van der Waals surface area contributed by atoms with Gasteiger partial charge in [-0.2, -0.15) is 0 Å². The minimum absolute atomic E-state index is 0.0551. The van der Waals surface area contributed by atoms with Crippen LogP contribution in [0, 0.1) is 5.92 Å². The topological polar surface area (TPSA) is 41.1 Å². The maximum Gasteiger partial charge on any atom is 0.236 e. The number of nitrogens with one attached hydrogen (secondary N) is 2. The fraction of sp³-hybridized carbons (Fsp3) is 0.909. The lowest BCUT2D eigenvalue weighted by Gasteiger charge is -2.22. The van der Waals surface area contributed by atoms with E-state index >= 15 is 0 Å². The van der Waals surface area contributed by atoms with E-state index in [4.69, 9.17) is 0 Å². The second-order valence-electron chi connectivity index (χ2n) is 4.30. The zero-order valence-corrected chi connectivity index (χ0v) is 9.47. The number of hydrogen-bond acceptors (Lipinski definition) is 2. The molecular weight excluding hydrogens is 176 g/mol. The van der Waals surface area contributed by atoms with Gasteiger partial charge in [0.1, 0.15) is 0 Å². The molecule has 0 aromatic heterocycles. The Morgan fingerprint density at radius 1 is 1.50 bits per heavy atom. The number of rotatable bonds is 4. The second kappa shape index (κ2) is 5.35. The summed E-state index contributed by atoms with van der Waals surface area (Å²) in [5.74, 6) is 0.832. The van der Waals surface area contributed by atoms with Crippen LogP contribution in [0.15, 0.2) is 0 Å². The average Bonchev–Trinajstić information content (AvgIpc) is 2.52. The number of hydrogen-bond donors (Lipinski definition) is 2. The van der Waals surface area contributed by atoms with Crippen molar-refractivity contribution in [1.29, 1.82) is 0 Å². The molecule has 0 spiro atoms. The van der Waals surface area contributed by atoms with Gasteiger partial charge >= 0.3 is 0 Å². The molecule has 2 N–H and O–H groups in total. The second-order valence-corrected chi connectivity index (χ2v) is 4.30. The van der Waals surface area contributed by atoms with Crippen molar-refractivity contribution in [2.24, 2.45) is 5.92 Å². The van der Waals surface area contributed by atoms with Crippen LogP contribution in [0.1, 0.15) is 40.0 Å². The van der Waals surface area contributed by atoms with Crippen LogP contribution in [0.3, 0.4) is 0 Å². The lowest BCUT2D eigenvalue weighted by molar-refractivity contribution is -0.122. The maximum absolute atomic E-state index is 11.5. The molecule has 0 radical (unpaired) electrons. The number of likely N-dealkylation sites (N-methyl/N-ethyl adjacent to an activating group) is 1. The van der Waals surface area contributed by atoms with Gasteiger partial charge in [0.2, 0.25) is 5.91 Å². The fourth-order valence-electron chi connectivity index (χ4n) is 2.12. The zero-order valence-electron chi connectivity index (χ0n) is 9.47. The largest absolute Gasteiger partial charge is 0.355 e. The molecule has 0 aromatic rings. The Hall–Kier alpha value is -0.570. The van der Waals surface area contributed by atoms with Crippen molar-refractivity contribution in [2.75, 3.05) is 6.54 Å². The molecule has 0 saturated heterocycles. The van der Waals surface area contributed by atoms with Crippen LogP contribution in [0.2, 0.25) is 0 Å². The predicted molar refractivity (Wildman–Crippen MR) is 58.1 cm³/mol. The predicted octanol–water partition coefficient (Wildman–Crippen LogP) is 1.29. The Bertz CT molecular complexity index is 194. The molecule has 1 fully saturated rings. The van der Waals surface area contributed by atoms with E-state index in [0.717, 1.165) is 0 Å². The normalized spacial score (nSPS) is 28.8. The number of carbonyl (C=O) groups is 1. The van der Waals surface area contributed by atoms with E-state index in [1.165, 1.54) is 19.3 Å². The standard InChI is InChI=1S/C11H22N2O/c1-4-12-11(14)9(3)13-10-7-5-6-8(10)2/h8-10,13H,4-7H2,1-3H3,(H,12,14). The Labute approximate surface area is 86.6 Å². The molecule has 3 nitrogen and oxygen atoms in total. The Morgan fingerprint density at radius 2 is 2.21 bits per heavy atom. The van der Waals surface area contributed by atoms with E-state index in [1.54, 1.807) is 0 Å².